The minimum atomic E-state index is -0.332. The predicted octanol–water partition coefficient (Wildman–Crippen LogP) is 4.27. The van der Waals surface area contributed by atoms with Gasteiger partial charge in [-0.3, -0.25) is 4.79 Å². The summed E-state index contributed by atoms with van der Waals surface area (Å²) >= 11 is 0. The van der Waals surface area contributed by atoms with E-state index >= 15 is 0 Å². The molecule has 1 aliphatic carbocycles. The van der Waals surface area contributed by atoms with Crippen LogP contribution in [0.4, 0.5) is 4.39 Å². The third-order valence-electron chi connectivity index (χ3n) is 5.11. The molecule has 28 heavy (non-hydrogen) atoms. The first-order valence-electron chi connectivity index (χ1n) is 9.90. The number of amides is 1. The first kappa shape index (κ1) is 20.1. The van der Waals surface area contributed by atoms with Crippen molar-refractivity contribution in [3.8, 4) is 11.8 Å². The predicted molar refractivity (Wildman–Crippen MR) is 111 cm³/mol. The van der Waals surface area contributed by atoms with E-state index in [1.165, 1.54) is 18.9 Å². The van der Waals surface area contributed by atoms with Gasteiger partial charge in [0.15, 0.2) is 0 Å². The second-order valence-electron chi connectivity index (χ2n) is 7.78. The first-order valence-corrected chi connectivity index (χ1v) is 9.90. The molecule has 0 heterocycles. The van der Waals surface area contributed by atoms with Crippen LogP contribution < -0.4 is 10.6 Å². The molecule has 0 unspecified atom stereocenters. The lowest BCUT2D eigenvalue weighted by molar-refractivity contribution is 0.0937. The van der Waals surface area contributed by atoms with Gasteiger partial charge in [0, 0.05) is 29.3 Å². The van der Waals surface area contributed by atoms with Gasteiger partial charge in [-0.15, -0.1) is 0 Å². The van der Waals surface area contributed by atoms with Crippen molar-refractivity contribution >= 4 is 5.91 Å². The molecule has 3 nitrogen and oxygen atoms in total. The van der Waals surface area contributed by atoms with Gasteiger partial charge in [0.05, 0.1) is 5.56 Å². The Hall–Kier alpha value is -2.64. The van der Waals surface area contributed by atoms with Gasteiger partial charge in [0.25, 0.3) is 5.91 Å². The van der Waals surface area contributed by atoms with Crippen molar-refractivity contribution in [1.82, 2.24) is 10.6 Å². The Morgan fingerprint density at radius 2 is 1.75 bits per heavy atom. The molecule has 1 saturated carbocycles. The maximum absolute atomic E-state index is 13.6. The van der Waals surface area contributed by atoms with Crippen LogP contribution in [0, 0.1) is 17.7 Å². The monoisotopic (exact) mass is 378 g/mol. The fourth-order valence-corrected chi connectivity index (χ4v) is 3.79. The number of hydrogen-bond donors (Lipinski definition) is 2. The molecule has 2 aromatic rings. The fourth-order valence-electron chi connectivity index (χ4n) is 3.79. The maximum atomic E-state index is 13.6. The van der Waals surface area contributed by atoms with Crippen molar-refractivity contribution in [3.05, 3.63) is 71.0 Å². The van der Waals surface area contributed by atoms with Gasteiger partial charge < -0.3 is 10.6 Å². The zero-order valence-electron chi connectivity index (χ0n) is 16.5. The van der Waals surface area contributed by atoms with Gasteiger partial charge in [-0.05, 0) is 49.2 Å². The van der Waals surface area contributed by atoms with Crippen LogP contribution in [-0.4, -0.2) is 24.0 Å². The highest BCUT2D eigenvalue weighted by Crippen LogP contribution is 2.29. The summed E-state index contributed by atoms with van der Waals surface area (Å²) in [6.45, 7) is 4.92. The molecule has 0 radical (unpaired) electrons. The van der Waals surface area contributed by atoms with Crippen molar-refractivity contribution in [1.29, 1.82) is 0 Å². The summed E-state index contributed by atoms with van der Waals surface area (Å²) in [5.74, 6) is 5.36. The van der Waals surface area contributed by atoms with Gasteiger partial charge >= 0.3 is 0 Å². The normalized spacial score (nSPS) is 15.1. The molecule has 0 aliphatic heterocycles. The van der Waals surface area contributed by atoms with Gasteiger partial charge in [-0.1, -0.05) is 50.7 Å². The molecule has 0 spiro atoms. The molecule has 2 aromatic carbocycles. The van der Waals surface area contributed by atoms with E-state index in [9.17, 15) is 9.18 Å². The van der Waals surface area contributed by atoms with E-state index in [-0.39, 0.29) is 17.3 Å². The highest BCUT2D eigenvalue weighted by atomic mass is 19.1. The number of carbonyl (C=O) groups excluding carboxylic acids is 1. The Bertz CT molecular complexity index is 871. The molecule has 0 bridgehead atoms. The van der Waals surface area contributed by atoms with Crippen LogP contribution in [0.15, 0.2) is 48.5 Å². The summed E-state index contributed by atoms with van der Waals surface area (Å²) in [6.07, 6.45) is 4.59. The summed E-state index contributed by atoms with van der Waals surface area (Å²) in [4.78, 5) is 12.5. The lowest BCUT2D eigenvalue weighted by Crippen LogP contribution is -2.54. The number of nitrogens with one attached hydrogen (secondary N) is 2. The largest absolute Gasteiger partial charge is 0.350 e. The van der Waals surface area contributed by atoms with Crippen LogP contribution in [0.1, 0.15) is 61.0 Å². The van der Waals surface area contributed by atoms with Crippen molar-refractivity contribution in [2.75, 3.05) is 6.54 Å². The smallest absolute Gasteiger partial charge is 0.251 e. The van der Waals surface area contributed by atoms with Crippen molar-refractivity contribution in [2.45, 2.75) is 51.1 Å². The zero-order chi connectivity index (χ0) is 20.0. The quantitative estimate of drug-likeness (QED) is 0.763. The minimum Gasteiger partial charge on any atom is -0.350 e. The van der Waals surface area contributed by atoms with E-state index in [1.807, 2.05) is 0 Å². The Morgan fingerprint density at radius 1 is 1.07 bits per heavy atom. The van der Waals surface area contributed by atoms with Crippen LogP contribution in [0.25, 0.3) is 0 Å². The number of benzene rings is 2. The highest BCUT2D eigenvalue weighted by Gasteiger charge is 2.34. The SMILES string of the molecule is CC(C)NC1(CNC(=O)c2ccc(C#Cc3ccccc3F)cc2)CCCC1. The highest BCUT2D eigenvalue weighted by molar-refractivity contribution is 5.94. The minimum absolute atomic E-state index is 0.00893. The summed E-state index contributed by atoms with van der Waals surface area (Å²) in [5, 5.41) is 6.73. The van der Waals surface area contributed by atoms with Crippen LogP contribution in [0.5, 0.6) is 0 Å². The fraction of sp³-hybridized carbons (Fsp3) is 0.375. The first-order chi connectivity index (χ1) is 13.5. The second-order valence-corrected chi connectivity index (χ2v) is 7.78. The summed E-state index contributed by atoms with van der Waals surface area (Å²) in [5.41, 5.74) is 1.72. The third kappa shape index (κ3) is 5.21. The van der Waals surface area contributed by atoms with E-state index in [1.54, 1.807) is 42.5 Å². The summed E-state index contributed by atoms with van der Waals surface area (Å²) in [6, 6.07) is 13.9. The molecule has 0 aromatic heterocycles. The standard InChI is InChI=1S/C24H27FN2O/c1-18(2)27-24(15-5-6-16-24)17-26-23(28)21-13-10-19(11-14-21)9-12-20-7-3-4-8-22(20)25/h3-4,7-8,10-11,13-14,18,27H,5-6,15-17H2,1-2H3,(H,26,28). The molecular weight excluding hydrogens is 351 g/mol. The molecule has 2 N–H and O–H groups in total. The molecule has 1 fully saturated rings. The third-order valence-corrected chi connectivity index (χ3v) is 5.11. The number of halogens is 1. The van der Waals surface area contributed by atoms with Crippen molar-refractivity contribution in [2.24, 2.45) is 0 Å². The zero-order valence-corrected chi connectivity index (χ0v) is 16.5. The number of carbonyl (C=O) groups is 1. The second kappa shape index (κ2) is 9.03. The van der Waals surface area contributed by atoms with Gasteiger partial charge in [0.1, 0.15) is 5.82 Å². The van der Waals surface area contributed by atoms with Gasteiger partial charge in [-0.25, -0.2) is 4.39 Å². The van der Waals surface area contributed by atoms with Gasteiger partial charge in [0.2, 0.25) is 0 Å². The Kier molecular flexibility index (Phi) is 6.49. The van der Waals surface area contributed by atoms with E-state index < -0.39 is 0 Å². The number of rotatable bonds is 5. The van der Waals surface area contributed by atoms with E-state index in [0.29, 0.717) is 23.7 Å². The molecule has 146 valence electrons. The lowest BCUT2D eigenvalue weighted by atomic mass is 9.96. The van der Waals surface area contributed by atoms with E-state index in [2.05, 4.69) is 36.3 Å². The summed E-state index contributed by atoms with van der Waals surface area (Å²) < 4.78 is 13.6. The number of hydrogen-bond acceptors (Lipinski definition) is 2. The van der Waals surface area contributed by atoms with E-state index in [4.69, 9.17) is 0 Å². The average Bonchev–Trinajstić information content (AvgIpc) is 3.14. The summed E-state index contributed by atoms with van der Waals surface area (Å²) in [7, 11) is 0. The molecule has 3 rings (SSSR count). The molecule has 0 atom stereocenters. The van der Waals surface area contributed by atoms with Crippen molar-refractivity contribution < 1.29 is 9.18 Å². The van der Waals surface area contributed by atoms with Crippen LogP contribution >= 0.6 is 0 Å². The Balaban J connectivity index is 1.62. The molecule has 0 saturated heterocycles. The molecule has 1 aliphatic rings. The molecule has 4 heteroatoms. The van der Waals surface area contributed by atoms with Crippen molar-refractivity contribution in [3.63, 3.8) is 0 Å². The topological polar surface area (TPSA) is 41.1 Å². The van der Waals surface area contributed by atoms with Crippen LogP contribution in [-0.2, 0) is 0 Å². The van der Waals surface area contributed by atoms with Gasteiger partial charge in [-0.2, -0.15) is 0 Å². The average molecular weight is 378 g/mol. The van der Waals surface area contributed by atoms with Crippen LogP contribution in [0.3, 0.4) is 0 Å². The lowest BCUT2D eigenvalue weighted by Gasteiger charge is -2.33. The molecule has 1 amide bonds. The maximum Gasteiger partial charge on any atom is 0.251 e. The Morgan fingerprint density at radius 3 is 2.39 bits per heavy atom. The van der Waals surface area contributed by atoms with Crippen LogP contribution in [0.2, 0.25) is 0 Å². The molecular formula is C24H27FN2O. The van der Waals surface area contributed by atoms with E-state index in [0.717, 1.165) is 18.4 Å². The Labute approximate surface area is 166 Å².